The summed E-state index contributed by atoms with van der Waals surface area (Å²) in [6.45, 7) is 4.52. The van der Waals surface area contributed by atoms with Crippen LogP contribution in [-0.4, -0.2) is 48.4 Å². The highest BCUT2D eigenvalue weighted by molar-refractivity contribution is 7.91. The fourth-order valence-electron chi connectivity index (χ4n) is 3.93. The van der Waals surface area contributed by atoms with Crippen molar-refractivity contribution in [2.24, 2.45) is 5.73 Å². The average Bonchev–Trinajstić information content (AvgIpc) is 3.26. The van der Waals surface area contributed by atoms with Crippen LogP contribution in [-0.2, 0) is 16.3 Å². The molecule has 2 heterocycles. The summed E-state index contributed by atoms with van der Waals surface area (Å²) in [5, 5.41) is 1.10. The molecule has 142 valence electrons. The third kappa shape index (κ3) is 3.72. The van der Waals surface area contributed by atoms with Gasteiger partial charge < -0.3 is 15.6 Å². The predicted molar refractivity (Wildman–Crippen MR) is 104 cm³/mol. The number of carbonyl (C=O) groups excluding carboxylic acids is 1. The Hall–Kier alpha value is -2.02. The number of primary amides is 1. The number of hydrogen-bond donors (Lipinski definition) is 2. The average molecular weight is 378 g/mol. The Kier molecular flexibility index (Phi) is 5.27. The monoisotopic (exact) mass is 377 g/mol. The van der Waals surface area contributed by atoms with Gasteiger partial charge in [-0.15, -0.1) is 0 Å². The second-order valence-corrected chi connectivity index (χ2v) is 9.61. The van der Waals surface area contributed by atoms with E-state index in [4.69, 9.17) is 5.73 Å². The number of sulfone groups is 1. The molecule has 7 heteroatoms. The first-order valence-corrected chi connectivity index (χ1v) is 11.0. The molecule has 2 aromatic rings. The highest BCUT2D eigenvalue weighted by Gasteiger charge is 2.33. The summed E-state index contributed by atoms with van der Waals surface area (Å²) in [7, 11) is -2.98. The predicted octanol–water partition coefficient (Wildman–Crippen LogP) is 2.79. The number of nitrogens with two attached hydrogens (primary N) is 1. The van der Waals surface area contributed by atoms with E-state index in [1.54, 1.807) is 11.8 Å². The van der Waals surface area contributed by atoms with Crippen molar-refractivity contribution in [3.05, 3.63) is 35.5 Å². The molecule has 1 aliphatic heterocycles. The van der Waals surface area contributed by atoms with E-state index in [1.165, 1.54) is 0 Å². The zero-order valence-electron chi connectivity index (χ0n) is 15.4. The minimum Gasteiger partial charge on any atom is -0.361 e. The Balaban J connectivity index is 1.87. The first-order chi connectivity index (χ1) is 12.3. The number of likely N-dealkylation sites (tertiary alicyclic amines) is 1. The van der Waals surface area contributed by atoms with Gasteiger partial charge in [-0.3, -0.25) is 0 Å². The van der Waals surface area contributed by atoms with Gasteiger partial charge in [0.1, 0.15) is 9.84 Å². The molecule has 3 N–H and O–H groups in total. The Labute approximate surface area is 154 Å². The summed E-state index contributed by atoms with van der Waals surface area (Å²) in [5.74, 6) is 0.503. The molecule has 1 unspecified atom stereocenters. The number of carbonyl (C=O) groups is 1. The lowest BCUT2D eigenvalue weighted by atomic mass is 9.91. The van der Waals surface area contributed by atoms with E-state index >= 15 is 0 Å². The fourth-order valence-corrected chi connectivity index (χ4v) is 4.77. The molecule has 1 aliphatic rings. The molecule has 2 amide bonds. The quantitative estimate of drug-likeness (QED) is 0.810. The summed E-state index contributed by atoms with van der Waals surface area (Å²) < 4.78 is 23.6. The van der Waals surface area contributed by atoms with Crippen LogP contribution in [0.2, 0.25) is 0 Å². The normalized spacial score (nSPS) is 19.2. The van der Waals surface area contributed by atoms with Crippen LogP contribution in [0.1, 0.15) is 43.7 Å². The van der Waals surface area contributed by atoms with Crippen LogP contribution in [0.25, 0.3) is 10.9 Å². The van der Waals surface area contributed by atoms with Gasteiger partial charge >= 0.3 is 6.03 Å². The van der Waals surface area contributed by atoms with E-state index in [0.717, 1.165) is 34.9 Å². The molecule has 1 aromatic heterocycles. The lowest BCUT2D eigenvalue weighted by Gasteiger charge is -2.28. The number of aromatic nitrogens is 1. The van der Waals surface area contributed by atoms with Gasteiger partial charge in [0.2, 0.25) is 0 Å². The van der Waals surface area contributed by atoms with Crippen molar-refractivity contribution in [2.75, 3.05) is 18.1 Å². The van der Waals surface area contributed by atoms with Crippen LogP contribution < -0.4 is 5.73 Å². The smallest absolute Gasteiger partial charge is 0.315 e. The molecule has 1 aromatic carbocycles. The standard InChI is InChI=1S/C19H27N3O3S/c1-3-26(24,25)10-8-14-6-7-17-15(11-14)16(12-21-17)13(2)18-5-4-9-22(18)19(20)23/h6-7,11-13,18,21H,3-5,8-10H2,1-2H3,(H2,20,23)/t13?,18-/m1/s1. The van der Waals surface area contributed by atoms with Gasteiger partial charge in [-0.1, -0.05) is 19.9 Å². The molecule has 1 fully saturated rings. The number of benzene rings is 1. The van der Waals surface area contributed by atoms with Gasteiger partial charge in [-0.2, -0.15) is 0 Å². The van der Waals surface area contributed by atoms with Gasteiger partial charge in [0.15, 0.2) is 0 Å². The van der Waals surface area contributed by atoms with Crippen LogP contribution in [0.15, 0.2) is 24.4 Å². The van der Waals surface area contributed by atoms with E-state index in [-0.39, 0.29) is 29.5 Å². The number of amides is 2. The van der Waals surface area contributed by atoms with Crippen molar-refractivity contribution in [3.8, 4) is 0 Å². The van der Waals surface area contributed by atoms with Gasteiger partial charge in [0.25, 0.3) is 0 Å². The number of nitrogens with zero attached hydrogens (tertiary/aromatic N) is 1. The molecule has 2 atom stereocenters. The minimum atomic E-state index is -2.98. The molecule has 6 nitrogen and oxygen atoms in total. The Bertz CT molecular complexity index is 904. The molecule has 0 bridgehead atoms. The zero-order chi connectivity index (χ0) is 18.9. The molecular formula is C19H27N3O3S. The van der Waals surface area contributed by atoms with Crippen LogP contribution in [0.5, 0.6) is 0 Å². The molecule has 3 rings (SSSR count). The van der Waals surface area contributed by atoms with Crippen LogP contribution in [0, 0.1) is 0 Å². The van der Waals surface area contributed by atoms with Crippen molar-refractivity contribution in [2.45, 2.75) is 45.1 Å². The van der Waals surface area contributed by atoms with Crippen molar-refractivity contribution < 1.29 is 13.2 Å². The summed E-state index contributed by atoms with van der Waals surface area (Å²) in [4.78, 5) is 16.8. The number of rotatable bonds is 6. The first kappa shape index (κ1) is 18.8. The number of aromatic amines is 1. The lowest BCUT2D eigenvalue weighted by molar-refractivity contribution is 0.196. The van der Waals surface area contributed by atoms with Crippen LogP contribution in [0.4, 0.5) is 4.79 Å². The molecule has 26 heavy (non-hydrogen) atoms. The highest BCUT2D eigenvalue weighted by atomic mass is 32.2. The zero-order valence-corrected chi connectivity index (χ0v) is 16.2. The molecular weight excluding hydrogens is 350 g/mol. The van der Waals surface area contributed by atoms with Crippen molar-refractivity contribution >= 4 is 26.8 Å². The molecule has 0 aliphatic carbocycles. The highest BCUT2D eigenvalue weighted by Crippen LogP contribution is 2.35. The number of urea groups is 1. The van der Waals surface area contributed by atoms with Gasteiger partial charge in [0.05, 0.1) is 5.75 Å². The Morgan fingerprint density at radius 1 is 1.42 bits per heavy atom. The Morgan fingerprint density at radius 2 is 2.19 bits per heavy atom. The largest absolute Gasteiger partial charge is 0.361 e. The second kappa shape index (κ2) is 7.31. The van der Waals surface area contributed by atoms with Gasteiger partial charge in [0, 0.05) is 41.4 Å². The molecule has 0 saturated carbocycles. The first-order valence-electron chi connectivity index (χ1n) is 9.19. The fraction of sp³-hybridized carbons (Fsp3) is 0.526. The van der Waals surface area contributed by atoms with Crippen LogP contribution >= 0.6 is 0 Å². The maximum atomic E-state index is 11.8. The summed E-state index contributed by atoms with van der Waals surface area (Å²) in [6, 6.07) is 5.80. The molecule has 0 radical (unpaired) electrons. The van der Waals surface area contributed by atoms with E-state index < -0.39 is 9.84 Å². The van der Waals surface area contributed by atoms with Crippen LogP contribution in [0.3, 0.4) is 0 Å². The van der Waals surface area contributed by atoms with E-state index in [2.05, 4.69) is 18.0 Å². The topological polar surface area (TPSA) is 96.3 Å². The Morgan fingerprint density at radius 3 is 2.88 bits per heavy atom. The van der Waals surface area contributed by atoms with E-state index in [9.17, 15) is 13.2 Å². The van der Waals surface area contributed by atoms with E-state index in [1.807, 2.05) is 18.3 Å². The third-order valence-electron chi connectivity index (χ3n) is 5.57. The second-order valence-electron chi connectivity index (χ2n) is 7.14. The summed E-state index contributed by atoms with van der Waals surface area (Å²) in [5.41, 5.74) is 8.72. The van der Waals surface area contributed by atoms with Crippen molar-refractivity contribution in [1.29, 1.82) is 0 Å². The van der Waals surface area contributed by atoms with Crippen molar-refractivity contribution in [3.63, 3.8) is 0 Å². The lowest BCUT2D eigenvalue weighted by Crippen LogP contribution is -2.41. The SMILES string of the molecule is CCS(=O)(=O)CCc1ccc2[nH]cc(C(C)[C@H]3CCCN3C(N)=O)c2c1. The maximum absolute atomic E-state index is 11.8. The molecule has 1 saturated heterocycles. The molecule has 0 spiro atoms. The van der Waals surface area contributed by atoms with Gasteiger partial charge in [-0.25, -0.2) is 13.2 Å². The van der Waals surface area contributed by atoms with Gasteiger partial charge in [-0.05, 0) is 42.5 Å². The number of fused-ring (bicyclic) bond motifs is 1. The minimum absolute atomic E-state index is 0.107. The maximum Gasteiger partial charge on any atom is 0.315 e. The number of hydrogen-bond acceptors (Lipinski definition) is 3. The van der Waals surface area contributed by atoms with Crippen molar-refractivity contribution in [1.82, 2.24) is 9.88 Å². The number of nitrogens with one attached hydrogen (secondary N) is 1. The summed E-state index contributed by atoms with van der Waals surface area (Å²) >= 11 is 0. The third-order valence-corrected chi connectivity index (χ3v) is 7.28. The summed E-state index contributed by atoms with van der Waals surface area (Å²) in [6.07, 6.45) is 4.44. The van der Waals surface area contributed by atoms with E-state index in [0.29, 0.717) is 13.0 Å². The number of aryl methyl sites for hydroxylation is 1. The number of H-pyrrole nitrogens is 1.